The van der Waals surface area contributed by atoms with Gasteiger partial charge in [-0.25, -0.2) is 4.98 Å². The van der Waals surface area contributed by atoms with Crippen LogP contribution in [0.1, 0.15) is 21.8 Å². The molecular weight excluding hydrogens is 284 g/mol. The van der Waals surface area contributed by atoms with Gasteiger partial charge >= 0.3 is 0 Å². The summed E-state index contributed by atoms with van der Waals surface area (Å²) in [6.07, 6.45) is 3.86. The monoisotopic (exact) mass is 302 g/mol. The average molecular weight is 302 g/mol. The van der Waals surface area contributed by atoms with Crippen molar-refractivity contribution in [2.24, 2.45) is 5.92 Å². The number of methoxy groups -OCH3 is 1. The number of amides is 1. The molecule has 0 spiro atoms. The van der Waals surface area contributed by atoms with Gasteiger partial charge in [-0.1, -0.05) is 6.07 Å². The van der Waals surface area contributed by atoms with E-state index in [0.717, 1.165) is 36.7 Å². The third-order valence-electron chi connectivity index (χ3n) is 3.84. The lowest BCUT2D eigenvalue weighted by molar-refractivity contribution is 0.0786. The Labute approximate surface area is 128 Å². The van der Waals surface area contributed by atoms with Gasteiger partial charge < -0.3 is 9.64 Å². The predicted octanol–water partition coefficient (Wildman–Crippen LogP) is 2.86. The lowest BCUT2D eigenvalue weighted by Crippen LogP contribution is -2.28. The van der Waals surface area contributed by atoms with Gasteiger partial charge in [-0.3, -0.25) is 4.79 Å². The third-order valence-corrected chi connectivity index (χ3v) is 4.64. The van der Waals surface area contributed by atoms with E-state index in [0.29, 0.717) is 11.5 Å². The summed E-state index contributed by atoms with van der Waals surface area (Å²) in [5.41, 5.74) is 0.698. The van der Waals surface area contributed by atoms with Crippen LogP contribution in [0, 0.1) is 5.92 Å². The maximum absolute atomic E-state index is 12.5. The van der Waals surface area contributed by atoms with Gasteiger partial charge in [0.05, 0.1) is 12.1 Å². The Morgan fingerprint density at radius 2 is 2.43 bits per heavy atom. The molecule has 1 aromatic carbocycles. The highest BCUT2D eigenvalue weighted by atomic mass is 32.1. The molecule has 2 heterocycles. The van der Waals surface area contributed by atoms with Crippen molar-refractivity contribution in [2.45, 2.75) is 12.8 Å². The quantitative estimate of drug-likeness (QED) is 0.872. The molecule has 1 atom stereocenters. The summed E-state index contributed by atoms with van der Waals surface area (Å²) in [6, 6.07) is 7.36. The number of likely N-dealkylation sites (tertiary alicyclic amines) is 1. The van der Waals surface area contributed by atoms with Crippen molar-refractivity contribution in [3.63, 3.8) is 0 Å². The second-order valence-corrected chi connectivity index (χ2v) is 6.25. The number of thiazole rings is 1. The zero-order valence-corrected chi connectivity index (χ0v) is 12.8. The molecule has 1 aliphatic rings. The van der Waals surface area contributed by atoms with Crippen molar-refractivity contribution in [3.05, 3.63) is 46.4 Å². The van der Waals surface area contributed by atoms with Gasteiger partial charge in [-0.05, 0) is 30.5 Å². The van der Waals surface area contributed by atoms with Gasteiger partial charge in [0.25, 0.3) is 5.91 Å². The molecule has 110 valence electrons. The zero-order chi connectivity index (χ0) is 14.7. The van der Waals surface area contributed by atoms with E-state index in [4.69, 9.17) is 4.74 Å². The molecule has 1 saturated heterocycles. The van der Waals surface area contributed by atoms with Crippen molar-refractivity contribution >= 4 is 17.2 Å². The van der Waals surface area contributed by atoms with Crippen LogP contribution in [0.5, 0.6) is 5.75 Å². The fourth-order valence-corrected chi connectivity index (χ4v) is 3.46. The minimum atomic E-state index is 0.0931. The Morgan fingerprint density at radius 3 is 3.19 bits per heavy atom. The molecule has 1 amide bonds. The third kappa shape index (κ3) is 3.24. The normalized spacial score (nSPS) is 18.0. The van der Waals surface area contributed by atoms with Crippen LogP contribution >= 0.6 is 11.3 Å². The second kappa shape index (κ2) is 6.26. The van der Waals surface area contributed by atoms with Crippen LogP contribution in [0.25, 0.3) is 0 Å². The summed E-state index contributed by atoms with van der Waals surface area (Å²) in [4.78, 5) is 18.8. The minimum absolute atomic E-state index is 0.0931. The standard InChI is InChI=1S/C16H18N2O2S/c1-20-14-4-2-3-13(10-14)16(19)18-7-5-12(11-18)9-15-17-6-8-21-15/h2-4,6,8,10,12H,5,7,9,11H2,1H3. The predicted molar refractivity (Wildman–Crippen MR) is 82.8 cm³/mol. The highest BCUT2D eigenvalue weighted by Gasteiger charge is 2.27. The number of carbonyl (C=O) groups is 1. The summed E-state index contributed by atoms with van der Waals surface area (Å²) < 4.78 is 5.18. The van der Waals surface area contributed by atoms with Crippen molar-refractivity contribution in [1.29, 1.82) is 0 Å². The van der Waals surface area contributed by atoms with Crippen molar-refractivity contribution in [1.82, 2.24) is 9.88 Å². The Bertz CT molecular complexity index is 612. The van der Waals surface area contributed by atoms with E-state index in [9.17, 15) is 4.79 Å². The van der Waals surface area contributed by atoms with E-state index in [1.807, 2.05) is 34.7 Å². The molecule has 2 aromatic rings. The first-order chi connectivity index (χ1) is 10.3. The molecule has 0 bridgehead atoms. The second-order valence-electron chi connectivity index (χ2n) is 5.27. The van der Waals surface area contributed by atoms with Crippen LogP contribution in [-0.2, 0) is 6.42 Å². The number of rotatable bonds is 4. The van der Waals surface area contributed by atoms with Gasteiger partial charge in [0.15, 0.2) is 0 Å². The topological polar surface area (TPSA) is 42.4 Å². The van der Waals surface area contributed by atoms with Crippen LogP contribution in [0.15, 0.2) is 35.8 Å². The Morgan fingerprint density at radius 1 is 1.52 bits per heavy atom. The van der Waals surface area contributed by atoms with Gasteiger partial charge in [-0.15, -0.1) is 11.3 Å². The largest absolute Gasteiger partial charge is 0.497 e. The van der Waals surface area contributed by atoms with E-state index in [2.05, 4.69) is 4.98 Å². The van der Waals surface area contributed by atoms with E-state index >= 15 is 0 Å². The Kier molecular flexibility index (Phi) is 4.20. The zero-order valence-electron chi connectivity index (χ0n) is 12.0. The van der Waals surface area contributed by atoms with Gasteiger partial charge in [-0.2, -0.15) is 0 Å². The summed E-state index contributed by atoms with van der Waals surface area (Å²) in [5.74, 6) is 1.33. The van der Waals surface area contributed by atoms with E-state index < -0.39 is 0 Å². The maximum Gasteiger partial charge on any atom is 0.253 e. The number of benzene rings is 1. The fraction of sp³-hybridized carbons (Fsp3) is 0.375. The molecule has 0 radical (unpaired) electrons. The van der Waals surface area contributed by atoms with Crippen molar-refractivity contribution < 1.29 is 9.53 Å². The molecular formula is C16H18N2O2S. The number of hydrogen-bond donors (Lipinski definition) is 0. The average Bonchev–Trinajstić information content (AvgIpc) is 3.19. The van der Waals surface area contributed by atoms with Gasteiger partial charge in [0, 0.05) is 36.7 Å². The number of nitrogens with zero attached hydrogens (tertiary/aromatic N) is 2. The summed E-state index contributed by atoms with van der Waals surface area (Å²) >= 11 is 1.69. The van der Waals surface area contributed by atoms with E-state index in [1.165, 1.54) is 0 Å². The molecule has 0 N–H and O–H groups in total. The molecule has 1 unspecified atom stereocenters. The van der Waals surface area contributed by atoms with E-state index in [1.54, 1.807) is 24.5 Å². The SMILES string of the molecule is COc1cccc(C(=O)N2CCC(Cc3nccs3)C2)c1. The lowest BCUT2D eigenvalue weighted by Gasteiger charge is -2.16. The molecule has 1 aromatic heterocycles. The first kappa shape index (κ1) is 14.1. The first-order valence-corrected chi connectivity index (χ1v) is 7.96. The van der Waals surface area contributed by atoms with Gasteiger partial charge in [0.1, 0.15) is 5.75 Å². The summed E-state index contributed by atoms with van der Waals surface area (Å²) in [5, 5.41) is 3.17. The molecule has 0 saturated carbocycles. The fourth-order valence-electron chi connectivity index (χ4n) is 2.72. The number of ether oxygens (including phenoxy) is 1. The minimum Gasteiger partial charge on any atom is -0.497 e. The molecule has 0 aliphatic carbocycles. The molecule has 21 heavy (non-hydrogen) atoms. The van der Waals surface area contributed by atoms with Gasteiger partial charge in [0.2, 0.25) is 0 Å². The van der Waals surface area contributed by atoms with Crippen LogP contribution < -0.4 is 4.74 Å². The highest BCUT2D eigenvalue weighted by molar-refractivity contribution is 7.09. The van der Waals surface area contributed by atoms with E-state index in [-0.39, 0.29) is 5.91 Å². The number of aromatic nitrogens is 1. The first-order valence-electron chi connectivity index (χ1n) is 7.08. The number of carbonyl (C=O) groups excluding carboxylic acids is 1. The molecule has 1 fully saturated rings. The lowest BCUT2D eigenvalue weighted by atomic mass is 10.1. The maximum atomic E-state index is 12.5. The number of hydrogen-bond acceptors (Lipinski definition) is 4. The van der Waals surface area contributed by atoms with Crippen molar-refractivity contribution in [2.75, 3.05) is 20.2 Å². The van der Waals surface area contributed by atoms with Crippen LogP contribution in [0.3, 0.4) is 0 Å². The Hall–Kier alpha value is -1.88. The molecule has 4 nitrogen and oxygen atoms in total. The van der Waals surface area contributed by atoms with Crippen LogP contribution in [0.2, 0.25) is 0 Å². The molecule has 1 aliphatic heterocycles. The van der Waals surface area contributed by atoms with Crippen LogP contribution in [-0.4, -0.2) is 36.0 Å². The summed E-state index contributed by atoms with van der Waals surface area (Å²) in [7, 11) is 1.61. The highest BCUT2D eigenvalue weighted by Crippen LogP contribution is 2.24. The Balaban J connectivity index is 1.63. The summed E-state index contributed by atoms with van der Waals surface area (Å²) in [6.45, 7) is 1.64. The molecule has 5 heteroatoms. The smallest absolute Gasteiger partial charge is 0.253 e. The van der Waals surface area contributed by atoms with Crippen molar-refractivity contribution in [3.8, 4) is 5.75 Å². The molecule has 3 rings (SSSR count). The van der Waals surface area contributed by atoms with Crippen LogP contribution in [0.4, 0.5) is 0 Å².